The molecule has 19 heavy (non-hydrogen) atoms. The highest BCUT2D eigenvalue weighted by molar-refractivity contribution is 9.10. The third kappa shape index (κ3) is 3.21. The van der Waals surface area contributed by atoms with Crippen LogP contribution in [0.2, 0.25) is 0 Å². The first kappa shape index (κ1) is 14.2. The van der Waals surface area contributed by atoms with Crippen LogP contribution in [-0.4, -0.2) is 34.2 Å². The van der Waals surface area contributed by atoms with Gasteiger partial charge in [0.1, 0.15) is 5.69 Å². The number of ketones is 1. The van der Waals surface area contributed by atoms with Gasteiger partial charge in [-0.25, -0.2) is 4.98 Å². The highest BCUT2D eigenvalue weighted by atomic mass is 79.9. The van der Waals surface area contributed by atoms with Crippen LogP contribution in [0, 0.1) is 0 Å². The highest BCUT2D eigenvalue weighted by Gasteiger charge is 2.31. The van der Waals surface area contributed by atoms with Gasteiger partial charge < -0.3 is 4.90 Å². The fraction of sp³-hybridized carbons (Fsp3) is 0.500. The minimum Gasteiger partial charge on any atom is -0.327 e. The maximum Gasteiger partial charge on any atom is 0.273 e. The largest absolute Gasteiger partial charge is 0.327 e. The molecule has 0 spiro atoms. The van der Waals surface area contributed by atoms with E-state index in [2.05, 4.69) is 20.9 Å². The van der Waals surface area contributed by atoms with Gasteiger partial charge in [-0.3, -0.25) is 9.59 Å². The van der Waals surface area contributed by atoms with Gasteiger partial charge in [-0.15, -0.1) is 0 Å². The summed E-state index contributed by atoms with van der Waals surface area (Å²) >= 11 is 3.30. The monoisotopic (exact) mass is 324 g/mol. The van der Waals surface area contributed by atoms with Crippen molar-refractivity contribution in [2.75, 3.05) is 6.54 Å². The van der Waals surface area contributed by atoms with Crippen LogP contribution < -0.4 is 0 Å². The molecule has 0 N–H and O–H groups in total. The number of nitrogens with zero attached hydrogens (tertiary/aromatic N) is 2. The van der Waals surface area contributed by atoms with E-state index in [0.29, 0.717) is 18.7 Å². The Bertz CT molecular complexity index is 473. The Morgan fingerprint density at radius 1 is 1.42 bits per heavy atom. The summed E-state index contributed by atoms with van der Waals surface area (Å²) in [5.74, 6) is 0.00385. The Balaban J connectivity index is 2.20. The number of halogens is 1. The summed E-state index contributed by atoms with van der Waals surface area (Å²) in [4.78, 5) is 30.2. The molecule has 0 saturated carbocycles. The number of piperidine rings is 1. The predicted molar refractivity (Wildman–Crippen MR) is 75.9 cm³/mol. The van der Waals surface area contributed by atoms with Crippen LogP contribution in [0.4, 0.5) is 0 Å². The first-order valence-electron chi connectivity index (χ1n) is 6.58. The average molecular weight is 325 g/mol. The lowest BCUT2D eigenvalue weighted by Gasteiger charge is -2.34. The van der Waals surface area contributed by atoms with Crippen LogP contribution in [0.25, 0.3) is 0 Å². The lowest BCUT2D eigenvalue weighted by molar-refractivity contribution is -0.124. The summed E-state index contributed by atoms with van der Waals surface area (Å²) in [6.07, 6.45) is 4.81. The van der Waals surface area contributed by atoms with E-state index in [0.717, 1.165) is 23.7 Å². The molecular weight excluding hydrogens is 308 g/mol. The number of rotatable bonds is 3. The Morgan fingerprint density at radius 2 is 2.21 bits per heavy atom. The standard InChI is InChI=1S/C14H17BrN2O2/c1-2-13(18)12-5-3-4-8-17(12)14(19)11-7-6-10(15)9-16-11/h6-7,9,12H,2-5,8H2,1H3. The molecule has 102 valence electrons. The summed E-state index contributed by atoms with van der Waals surface area (Å²) in [7, 11) is 0. The molecule has 1 unspecified atom stereocenters. The van der Waals surface area contributed by atoms with Crippen LogP contribution in [0.5, 0.6) is 0 Å². The zero-order valence-corrected chi connectivity index (χ0v) is 12.5. The normalized spacial score (nSPS) is 19.3. The summed E-state index contributed by atoms with van der Waals surface area (Å²) in [5, 5.41) is 0. The highest BCUT2D eigenvalue weighted by Crippen LogP contribution is 2.21. The first-order valence-corrected chi connectivity index (χ1v) is 7.38. The Labute approximate surface area is 121 Å². The molecule has 4 nitrogen and oxygen atoms in total. The Kier molecular flexibility index (Phi) is 4.69. The topological polar surface area (TPSA) is 50.3 Å². The van der Waals surface area contributed by atoms with Crippen molar-refractivity contribution in [1.29, 1.82) is 0 Å². The van der Waals surface area contributed by atoms with Crippen molar-refractivity contribution in [2.45, 2.75) is 38.6 Å². The number of aromatic nitrogens is 1. The maximum absolute atomic E-state index is 12.4. The van der Waals surface area contributed by atoms with E-state index in [1.54, 1.807) is 23.2 Å². The fourth-order valence-electron chi connectivity index (χ4n) is 2.39. The average Bonchev–Trinajstić information content (AvgIpc) is 2.46. The molecule has 1 aromatic heterocycles. The number of carbonyl (C=O) groups is 2. The van der Waals surface area contributed by atoms with Gasteiger partial charge in [0.2, 0.25) is 0 Å². The van der Waals surface area contributed by atoms with Gasteiger partial charge in [-0.1, -0.05) is 6.92 Å². The minimum absolute atomic E-state index is 0.140. The van der Waals surface area contributed by atoms with Gasteiger partial charge in [0.25, 0.3) is 5.91 Å². The molecule has 1 aliphatic heterocycles. The van der Waals surface area contributed by atoms with Crippen molar-refractivity contribution >= 4 is 27.6 Å². The molecule has 0 radical (unpaired) electrons. The molecule has 0 aliphatic carbocycles. The van der Waals surface area contributed by atoms with Crippen molar-refractivity contribution in [3.8, 4) is 0 Å². The van der Waals surface area contributed by atoms with Crippen LogP contribution in [0.3, 0.4) is 0 Å². The molecule has 0 bridgehead atoms. The van der Waals surface area contributed by atoms with E-state index < -0.39 is 0 Å². The van der Waals surface area contributed by atoms with Crippen molar-refractivity contribution in [2.24, 2.45) is 0 Å². The fourth-order valence-corrected chi connectivity index (χ4v) is 2.63. The second-order valence-corrected chi connectivity index (χ2v) is 5.61. The maximum atomic E-state index is 12.4. The molecule has 1 saturated heterocycles. The van der Waals surface area contributed by atoms with Crippen molar-refractivity contribution in [1.82, 2.24) is 9.88 Å². The van der Waals surface area contributed by atoms with Crippen LogP contribution in [0.15, 0.2) is 22.8 Å². The van der Waals surface area contributed by atoms with E-state index in [4.69, 9.17) is 0 Å². The molecule has 0 aromatic carbocycles. The molecule has 1 fully saturated rings. The third-order valence-corrected chi connectivity index (χ3v) is 3.90. The summed E-state index contributed by atoms with van der Waals surface area (Å²) in [5.41, 5.74) is 0.402. The van der Waals surface area contributed by atoms with E-state index >= 15 is 0 Å². The summed E-state index contributed by atoms with van der Waals surface area (Å²) in [6.45, 7) is 2.49. The zero-order valence-electron chi connectivity index (χ0n) is 10.9. The molecule has 1 aliphatic rings. The van der Waals surface area contributed by atoms with Crippen molar-refractivity contribution < 1.29 is 9.59 Å². The van der Waals surface area contributed by atoms with Crippen LogP contribution in [-0.2, 0) is 4.79 Å². The molecule has 1 amide bonds. The molecule has 5 heteroatoms. The smallest absolute Gasteiger partial charge is 0.273 e. The lowest BCUT2D eigenvalue weighted by atomic mass is 9.96. The van der Waals surface area contributed by atoms with Gasteiger partial charge in [-0.2, -0.15) is 0 Å². The zero-order chi connectivity index (χ0) is 13.8. The minimum atomic E-state index is -0.267. The second-order valence-electron chi connectivity index (χ2n) is 4.69. The molecule has 2 heterocycles. The SMILES string of the molecule is CCC(=O)C1CCCCN1C(=O)c1ccc(Br)cn1. The predicted octanol–water partition coefficient (Wildman–Crippen LogP) is 2.82. The number of hydrogen-bond donors (Lipinski definition) is 0. The number of carbonyl (C=O) groups excluding carboxylic acids is 2. The van der Waals surface area contributed by atoms with Crippen molar-refractivity contribution in [3.05, 3.63) is 28.5 Å². The summed E-state index contributed by atoms with van der Waals surface area (Å²) < 4.78 is 0.837. The summed E-state index contributed by atoms with van der Waals surface area (Å²) in [6, 6.07) is 3.21. The Hall–Kier alpha value is -1.23. The quantitative estimate of drug-likeness (QED) is 0.859. The molecular formula is C14H17BrN2O2. The number of pyridine rings is 1. The van der Waals surface area contributed by atoms with Crippen LogP contribution >= 0.6 is 15.9 Å². The van der Waals surface area contributed by atoms with Gasteiger partial charge >= 0.3 is 0 Å². The number of hydrogen-bond acceptors (Lipinski definition) is 3. The van der Waals surface area contributed by atoms with E-state index in [-0.39, 0.29) is 17.7 Å². The molecule has 1 aromatic rings. The number of likely N-dealkylation sites (tertiary alicyclic amines) is 1. The first-order chi connectivity index (χ1) is 9.13. The van der Waals surface area contributed by atoms with E-state index in [9.17, 15) is 9.59 Å². The van der Waals surface area contributed by atoms with Gasteiger partial charge in [0.05, 0.1) is 6.04 Å². The van der Waals surface area contributed by atoms with Crippen LogP contribution in [0.1, 0.15) is 43.1 Å². The van der Waals surface area contributed by atoms with Gasteiger partial charge in [-0.05, 0) is 47.3 Å². The molecule has 2 rings (SSSR count). The second kappa shape index (κ2) is 6.28. The van der Waals surface area contributed by atoms with E-state index in [1.807, 2.05) is 6.92 Å². The van der Waals surface area contributed by atoms with Crippen molar-refractivity contribution in [3.63, 3.8) is 0 Å². The third-order valence-electron chi connectivity index (χ3n) is 3.43. The molecule has 1 atom stereocenters. The van der Waals surface area contributed by atoms with E-state index in [1.165, 1.54) is 0 Å². The van der Waals surface area contributed by atoms with Gasteiger partial charge in [0, 0.05) is 23.6 Å². The Morgan fingerprint density at radius 3 is 2.84 bits per heavy atom. The number of Topliss-reactive ketones (excluding diaryl/α,β-unsaturated/α-hetero) is 1. The number of amides is 1. The van der Waals surface area contributed by atoms with Gasteiger partial charge in [0.15, 0.2) is 5.78 Å². The lowest BCUT2D eigenvalue weighted by Crippen LogP contribution is -2.48.